The Morgan fingerprint density at radius 3 is 2.91 bits per heavy atom. The third-order valence-corrected chi connectivity index (χ3v) is 3.74. The Morgan fingerprint density at radius 1 is 1.39 bits per heavy atom. The summed E-state index contributed by atoms with van der Waals surface area (Å²) in [5.74, 6) is -1.07. The van der Waals surface area contributed by atoms with Crippen LogP contribution in [0.2, 0.25) is 0 Å². The number of hydrogen-bond donors (Lipinski definition) is 3. The first kappa shape index (κ1) is 15.4. The van der Waals surface area contributed by atoms with Gasteiger partial charge in [0.2, 0.25) is 5.91 Å². The molecule has 0 unspecified atom stereocenters. The molecule has 0 spiro atoms. The summed E-state index contributed by atoms with van der Waals surface area (Å²) in [6.07, 6.45) is -0.441. The van der Waals surface area contributed by atoms with Crippen molar-refractivity contribution in [2.75, 3.05) is 6.54 Å². The fraction of sp³-hybridized carbons (Fsp3) is 0.400. The fourth-order valence-corrected chi connectivity index (χ4v) is 2.58. The number of carboxylic acids is 1. The lowest BCUT2D eigenvalue weighted by atomic mass is 10.2. The summed E-state index contributed by atoms with van der Waals surface area (Å²) in [6, 6.07) is 4.29. The van der Waals surface area contributed by atoms with E-state index in [4.69, 9.17) is 9.84 Å². The molecule has 3 N–H and O–H groups in total. The minimum absolute atomic E-state index is 0.323. The molecule has 1 saturated heterocycles. The molecule has 122 valence electrons. The van der Waals surface area contributed by atoms with Crippen LogP contribution in [0.15, 0.2) is 18.2 Å². The van der Waals surface area contributed by atoms with Crippen LogP contribution in [-0.4, -0.2) is 45.7 Å². The van der Waals surface area contributed by atoms with Gasteiger partial charge in [-0.3, -0.25) is 4.79 Å². The maximum absolute atomic E-state index is 13.1. The van der Waals surface area contributed by atoms with Crippen molar-refractivity contribution in [3.63, 3.8) is 0 Å². The minimum Gasteiger partial charge on any atom is -0.479 e. The summed E-state index contributed by atoms with van der Waals surface area (Å²) in [5.41, 5.74) is 1.27. The Labute approximate surface area is 130 Å². The number of imidazole rings is 1. The number of hydrogen-bond acceptors (Lipinski definition) is 4. The standard InChI is InChI=1S/C15H16FN3O4/c16-8-1-2-9-10(7-8)19-13(18-9)5-6-17-14(20)11-3-4-12(23-11)15(21)22/h1-2,7,11-12H,3-6H2,(H,17,20)(H,18,19)(H,21,22)/t11-,12+/m0/s1. The van der Waals surface area contributed by atoms with E-state index in [1.165, 1.54) is 12.1 Å². The topological polar surface area (TPSA) is 104 Å². The molecule has 1 amide bonds. The summed E-state index contributed by atoms with van der Waals surface area (Å²) < 4.78 is 18.3. The number of nitrogens with one attached hydrogen (secondary N) is 2. The third-order valence-electron chi connectivity index (χ3n) is 3.74. The highest BCUT2D eigenvalue weighted by Gasteiger charge is 2.34. The highest BCUT2D eigenvalue weighted by Crippen LogP contribution is 2.20. The van der Waals surface area contributed by atoms with Crippen molar-refractivity contribution in [3.8, 4) is 0 Å². The van der Waals surface area contributed by atoms with Crippen molar-refractivity contribution in [2.24, 2.45) is 0 Å². The van der Waals surface area contributed by atoms with Gasteiger partial charge in [0, 0.05) is 13.0 Å². The molecule has 0 bridgehead atoms. The number of fused-ring (bicyclic) bond motifs is 1. The molecular weight excluding hydrogens is 305 g/mol. The number of amides is 1. The summed E-state index contributed by atoms with van der Waals surface area (Å²) in [6.45, 7) is 0.332. The van der Waals surface area contributed by atoms with Gasteiger partial charge in [0.15, 0.2) is 6.10 Å². The average Bonchev–Trinajstić information content (AvgIpc) is 3.12. The van der Waals surface area contributed by atoms with Gasteiger partial charge in [-0.2, -0.15) is 0 Å². The number of rotatable bonds is 5. The maximum atomic E-state index is 13.1. The molecule has 8 heteroatoms. The first-order valence-electron chi connectivity index (χ1n) is 7.33. The number of aromatic amines is 1. The second-order valence-electron chi connectivity index (χ2n) is 5.41. The van der Waals surface area contributed by atoms with E-state index < -0.39 is 18.2 Å². The molecule has 0 saturated carbocycles. The molecule has 7 nitrogen and oxygen atoms in total. The van der Waals surface area contributed by atoms with Gasteiger partial charge < -0.3 is 20.1 Å². The number of carboxylic acid groups (broad SMARTS) is 1. The van der Waals surface area contributed by atoms with Crippen molar-refractivity contribution in [3.05, 3.63) is 29.8 Å². The third kappa shape index (κ3) is 3.48. The smallest absolute Gasteiger partial charge is 0.332 e. The SMILES string of the molecule is O=C(NCCc1nc2ccc(F)cc2[nH]1)[C@@H]1CC[C@H](C(=O)O)O1. The van der Waals surface area contributed by atoms with E-state index in [-0.39, 0.29) is 11.7 Å². The zero-order valence-corrected chi connectivity index (χ0v) is 12.2. The van der Waals surface area contributed by atoms with Gasteiger partial charge in [-0.15, -0.1) is 0 Å². The summed E-state index contributed by atoms with van der Waals surface area (Å²) in [4.78, 5) is 30.0. The number of carbonyl (C=O) groups is 2. The lowest BCUT2D eigenvalue weighted by Gasteiger charge is -2.11. The molecule has 1 aromatic heterocycles. The highest BCUT2D eigenvalue weighted by molar-refractivity contribution is 5.82. The van der Waals surface area contributed by atoms with Crippen LogP contribution in [-0.2, 0) is 20.7 Å². The molecule has 1 fully saturated rings. The van der Waals surface area contributed by atoms with Crippen molar-refractivity contribution < 1.29 is 23.8 Å². The highest BCUT2D eigenvalue weighted by atomic mass is 19.1. The number of aliphatic carboxylic acids is 1. The first-order chi connectivity index (χ1) is 11.0. The Morgan fingerprint density at radius 2 is 2.17 bits per heavy atom. The molecule has 1 aromatic carbocycles. The van der Waals surface area contributed by atoms with Gasteiger partial charge in [0.05, 0.1) is 11.0 Å². The molecule has 2 atom stereocenters. The monoisotopic (exact) mass is 321 g/mol. The quantitative estimate of drug-likeness (QED) is 0.762. The van der Waals surface area contributed by atoms with Crippen LogP contribution in [0.3, 0.4) is 0 Å². The fourth-order valence-electron chi connectivity index (χ4n) is 2.58. The molecule has 1 aliphatic rings. The van der Waals surface area contributed by atoms with Crippen LogP contribution in [0.1, 0.15) is 18.7 Å². The Hall–Kier alpha value is -2.48. The lowest BCUT2D eigenvalue weighted by molar-refractivity contribution is -0.151. The summed E-state index contributed by atoms with van der Waals surface area (Å²) in [5, 5.41) is 11.5. The predicted molar refractivity (Wildman–Crippen MR) is 78.3 cm³/mol. The molecule has 23 heavy (non-hydrogen) atoms. The zero-order valence-electron chi connectivity index (χ0n) is 12.2. The van der Waals surface area contributed by atoms with E-state index in [0.717, 1.165) is 0 Å². The Balaban J connectivity index is 1.50. The van der Waals surface area contributed by atoms with Crippen LogP contribution in [0.4, 0.5) is 4.39 Å². The zero-order chi connectivity index (χ0) is 16.4. The number of ether oxygens (including phenoxy) is 1. The molecule has 2 heterocycles. The number of aromatic nitrogens is 2. The number of halogens is 1. The Kier molecular flexibility index (Phi) is 4.24. The van der Waals surface area contributed by atoms with Crippen LogP contribution < -0.4 is 5.32 Å². The van der Waals surface area contributed by atoms with E-state index >= 15 is 0 Å². The van der Waals surface area contributed by atoms with Gasteiger partial charge in [-0.1, -0.05) is 0 Å². The van der Waals surface area contributed by atoms with Crippen LogP contribution in [0.5, 0.6) is 0 Å². The number of carbonyl (C=O) groups excluding carboxylic acids is 1. The van der Waals surface area contributed by atoms with Gasteiger partial charge in [-0.25, -0.2) is 14.2 Å². The van der Waals surface area contributed by atoms with E-state index in [0.29, 0.717) is 42.7 Å². The van der Waals surface area contributed by atoms with Gasteiger partial charge in [0.25, 0.3) is 0 Å². The van der Waals surface area contributed by atoms with E-state index in [1.807, 2.05) is 0 Å². The van der Waals surface area contributed by atoms with Gasteiger partial charge >= 0.3 is 5.97 Å². The molecule has 3 rings (SSSR count). The van der Waals surface area contributed by atoms with Gasteiger partial charge in [-0.05, 0) is 31.0 Å². The van der Waals surface area contributed by atoms with Gasteiger partial charge in [0.1, 0.15) is 17.7 Å². The summed E-state index contributed by atoms with van der Waals surface area (Å²) in [7, 11) is 0. The normalized spacial score (nSPS) is 20.7. The van der Waals surface area contributed by atoms with E-state index in [1.54, 1.807) is 6.07 Å². The molecule has 1 aliphatic heterocycles. The van der Waals surface area contributed by atoms with Crippen LogP contribution >= 0.6 is 0 Å². The molecule has 0 radical (unpaired) electrons. The molecule has 2 aromatic rings. The largest absolute Gasteiger partial charge is 0.479 e. The average molecular weight is 321 g/mol. The predicted octanol–water partition coefficient (Wildman–Crippen LogP) is 0.993. The summed E-state index contributed by atoms with van der Waals surface area (Å²) >= 11 is 0. The van der Waals surface area contributed by atoms with Crippen molar-refractivity contribution in [2.45, 2.75) is 31.5 Å². The Bertz CT molecular complexity index is 745. The second-order valence-corrected chi connectivity index (χ2v) is 5.41. The van der Waals surface area contributed by atoms with Crippen LogP contribution in [0.25, 0.3) is 11.0 Å². The van der Waals surface area contributed by atoms with E-state index in [9.17, 15) is 14.0 Å². The van der Waals surface area contributed by atoms with Crippen molar-refractivity contribution in [1.29, 1.82) is 0 Å². The first-order valence-corrected chi connectivity index (χ1v) is 7.33. The second kappa shape index (κ2) is 6.33. The number of benzene rings is 1. The molecule has 0 aliphatic carbocycles. The minimum atomic E-state index is -1.05. The van der Waals surface area contributed by atoms with Crippen molar-refractivity contribution >= 4 is 22.9 Å². The number of H-pyrrole nitrogens is 1. The maximum Gasteiger partial charge on any atom is 0.332 e. The molecular formula is C15H16FN3O4. The van der Waals surface area contributed by atoms with E-state index in [2.05, 4.69) is 15.3 Å². The van der Waals surface area contributed by atoms with Crippen LogP contribution in [0, 0.1) is 5.82 Å². The number of nitrogens with zero attached hydrogens (tertiary/aromatic N) is 1. The lowest BCUT2D eigenvalue weighted by Crippen LogP contribution is -2.36. The van der Waals surface area contributed by atoms with Crippen molar-refractivity contribution in [1.82, 2.24) is 15.3 Å².